The largest absolute Gasteiger partial charge is 0.497 e. The average molecular weight is 381 g/mol. The van der Waals surface area contributed by atoms with Crippen molar-refractivity contribution in [1.82, 2.24) is 0 Å². The van der Waals surface area contributed by atoms with Crippen LogP contribution in [0.15, 0.2) is 36.4 Å². The SMILES string of the molecule is COc1ccc(C(=O)Nc2ccc(N3CCSCC3)c(Cl)c2)c(F)c1. The molecule has 132 valence electrons. The predicted octanol–water partition coefficient (Wildman–Crippen LogP) is 4.29. The van der Waals surface area contributed by atoms with Gasteiger partial charge < -0.3 is 15.0 Å². The van der Waals surface area contributed by atoms with E-state index in [-0.39, 0.29) is 5.56 Å². The number of amides is 1. The van der Waals surface area contributed by atoms with Gasteiger partial charge in [0.1, 0.15) is 11.6 Å². The van der Waals surface area contributed by atoms with Crippen LogP contribution in [0.4, 0.5) is 15.8 Å². The Bertz CT molecular complexity index is 782. The fourth-order valence-corrected chi connectivity index (χ4v) is 3.85. The molecule has 0 unspecified atom stereocenters. The molecule has 1 fully saturated rings. The first kappa shape index (κ1) is 17.9. The highest BCUT2D eigenvalue weighted by atomic mass is 35.5. The third-order valence-corrected chi connectivity index (χ3v) is 5.22. The van der Waals surface area contributed by atoms with Crippen molar-refractivity contribution in [3.63, 3.8) is 0 Å². The van der Waals surface area contributed by atoms with Gasteiger partial charge in [-0.15, -0.1) is 0 Å². The van der Waals surface area contributed by atoms with Gasteiger partial charge in [-0.2, -0.15) is 11.8 Å². The maximum absolute atomic E-state index is 14.0. The number of halogens is 2. The minimum Gasteiger partial charge on any atom is -0.497 e. The average Bonchev–Trinajstić information content (AvgIpc) is 2.62. The van der Waals surface area contributed by atoms with Crippen molar-refractivity contribution in [1.29, 1.82) is 0 Å². The molecule has 1 saturated heterocycles. The van der Waals surface area contributed by atoms with E-state index >= 15 is 0 Å². The Hall–Kier alpha value is -1.92. The summed E-state index contributed by atoms with van der Waals surface area (Å²) in [6.07, 6.45) is 0. The molecule has 0 spiro atoms. The molecule has 2 aromatic carbocycles. The van der Waals surface area contributed by atoms with Crippen LogP contribution in [0.2, 0.25) is 5.02 Å². The summed E-state index contributed by atoms with van der Waals surface area (Å²) >= 11 is 8.30. The molecule has 0 aromatic heterocycles. The topological polar surface area (TPSA) is 41.6 Å². The molecule has 1 heterocycles. The van der Waals surface area contributed by atoms with Gasteiger partial charge in [-0.25, -0.2) is 4.39 Å². The normalized spacial score (nSPS) is 14.3. The highest BCUT2D eigenvalue weighted by Crippen LogP contribution is 2.31. The van der Waals surface area contributed by atoms with Crippen LogP contribution < -0.4 is 15.0 Å². The third-order valence-electron chi connectivity index (χ3n) is 3.98. The molecule has 1 aliphatic rings. The molecular formula is C18H18ClFN2O2S. The number of carbonyl (C=O) groups is 1. The highest BCUT2D eigenvalue weighted by Gasteiger charge is 2.16. The predicted molar refractivity (Wildman–Crippen MR) is 102 cm³/mol. The number of nitrogens with one attached hydrogen (secondary N) is 1. The molecule has 0 radical (unpaired) electrons. The van der Waals surface area contributed by atoms with E-state index in [1.165, 1.54) is 19.2 Å². The van der Waals surface area contributed by atoms with Crippen LogP contribution in [0.3, 0.4) is 0 Å². The molecule has 25 heavy (non-hydrogen) atoms. The van der Waals surface area contributed by atoms with Crippen molar-refractivity contribution in [3.05, 3.63) is 52.8 Å². The van der Waals surface area contributed by atoms with Gasteiger partial charge in [0.25, 0.3) is 5.91 Å². The molecule has 2 aromatic rings. The lowest BCUT2D eigenvalue weighted by Crippen LogP contribution is -2.32. The number of anilines is 2. The van der Waals surface area contributed by atoms with Gasteiger partial charge in [-0.05, 0) is 30.3 Å². The van der Waals surface area contributed by atoms with Crippen molar-refractivity contribution in [2.75, 3.05) is 41.9 Å². The second-order valence-electron chi connectivity index (χ2n) is 5.57. The number of thioether (sulfide) groups is 1. The Labute approximate surface area is 155 Å². The van der Waals surface area contributed by atoms with E-state index in [0.717, 1.165) is 30.3 Å². The van der Waals surface area contributed by atoms with Crippen LogP contribution in [0.1, 0.15) is 10.4 Å². The van der Waals surface area contributed by atoms with Crippen LogP contribution >= 0.6 is 23.4 Å². The number of carbonyl (C=O) groups excluding carboxylic acids is 1. The first-order valence-corrected chi connectivity index (χ1v) is 9.39. The van der Waals surface area contributed by atoms with Gasteiger partial charge >= 0.3 is 0 Å². The number of rotatable bonds is 4. The Morgan fingerprint density at radius 3 is 2.64 bits per heavy atom. The fourth-order valence-electron chi connectivity index (χ4n) is 2.65. The zero-order chi connectivity index (χ0) is 17.8. The second kappa shape index (κ2) is 7.97. The Morgan fingerprint density at radius 1 is 1.24 bits per heavy atom. The van der Waals surface area contributed by atoms with Gasteiger partial charge in [0.15, 0.2) is 0 Å². The molecule has 0 atom stereocenters. The number of ether oxygens (including phenoxy) is 1. The van der Waals surface area contributed by atoms with Crippen molar-refractivity contribution in [2.24, 2.45) is 0 Å². The lowest BCUT2D eigenvalue weighted by Gasteiger charge is -2.29. The van der Waals surface area contributed by atoms with E-state index in [4.69, 9.17) is 16.3 Å². The molecule has 1 amide bonds. The number of hydrogen-bond donors (Lipinski definition) is 1. The molecule has 7 heteroatoms. The molecule has 0 bridgehead atoms. The summed E-state index contributed by atoms with van der Waals surface area (Å²) < 4.78 is 18.9. The maximum atomic E-state index is 14.0. The quantitative estimate of drug-likeness (QED) is 0.859. The van der Waals surface area contributed by atoms with Crippen LogP contribution in [-0.4, -0.2) is 37.6 Å². The summed E-state index contributed by atoms with van der Waals surface area (Å²) in [6.45, 7) is 1.90. The minimum absolute atomic E-state index is 0.0472. The van der Waals surface area contributed by atoms with Crippen LogP contribution in [-0.2, 0) is 0 Å². The standard InChI is InChI=1S/C18H18ClFN2O2S/c1-24-13-3-4-14(16(20)11-13)18(23)21-12-2-5-17(15(19)10-12)22-6-8-25-9-7-22/h2-5,10-11H,6-9H2,1H3,(H,21,23). The lowest BCUT2D eigenvalue weighted by molar-refractivity contribution is 0.102. The number of methoxy groups -OCH3 is 1. The lowest BCUT2D eigenvalue weighted by atomic mass is 10.1. The second-order valence-corrected chi connectivity index (χ2v) is 7.20. The fraction of sp³-hybridized carbons (Fsp3) is 0.278. The van der Waals surface area contributed by atoms with Crippen molar-refractivity contribution in [2.45, 2.75) is 0 Å². The Kier molecular flexibility index (Phi) is 5.71. The monoisotopic (exact) mass is 380 g/mol. The number of hydrogen-bond acceptors (Lipinski definition) is 4. The maximum Gasteiger partial charge on any atom is 0.258 e. The van der Waals surface area contributed by atoms with E-state index in [1.54, 1.807) is 18.2 Å². The van der Waals surface area contributed by atoms with E-state index in [9.17, 15) is 9.18 Å². The van der Waals surface area contributed by atoms with Crippen molar-refractivity contribution in [3.8, 4) is 5.75 Å². The van der Waals surface area contributed by atoms with E-state index in [0.29, 0.717) is 16.5 Å². The van der Waals surface area contributed by atoms with Gasteiger partial charge in [-0.1, -0.05) is 11.6 Å². The summed E-state index contributed by atoms with van der Waals surface area (Å²) in [6, 6.07) is 9.48. The molecule has 0 saturated carbocycles. The van der Waals surface area contributed by atoms with Gasteiger partial charge in [-0.3, -0.25) is 4.79 Å². The molecule has 4 nitrogen and oxygen atoms in total. The smallest absolute Gasteiger partial charge is 0.258 e. The summed E-state index contributed by atoms with van der Waals surface area (Å²) in [4.78, 5) is 14.5. The summed E-state index contributed by atoms with van der Waals surface area (Å²) in [5, 5.41) is 3.25. The summed E-state index contributed by atoms with van der Waals surface area (Å²) in [5.41, 5.74) is 1.44. The summed E-state index contributed by atoms with van der Waals surface area (Å²) in [7, 11) is 1.44. The van der Waals surface area contributed by atoms with Crippen LogP contribution in [0.5, 0.6) is 5.75 Å². The molecule has 1 aliphatic heterocycles. The van der Waals surface area contributed by atoms with Gasteiger partial charge in [0.2, 0.25) is 0 Å². The molecule has 1 N–H and O–H groups in total. The summed E-state index contributed by atoms with van der Waals surface area (Å²) in [5.74, 6) is 1.35. The first-order chi connectivity index (χ1) is 12.1. The van der Waals surface area contributed by atoms with Crippen LogP contribution in [0, 0.1) is 5.82 Å². The third kappa shape index (κ3) is 4.19. The van der Waals surface area contributed by atoms with Gasteiger partial charge in [0, 0.05) is 36.3 Å². The van der Waals surface area contributed by atoms with Crippen LogP contribution in [0.25, 0.3) is 0 Å². The van der Waals surface area contributed by atoms with Gasteiger partial charge in [0.05, 0.1) is 23.4 Å². The first-order valence-electron chi connectivity index (χ1n) is 7.85. The molecule has 3 rings (SSSR count). The molecular weight excluding hydrogens is 363 g/mol. The molecule has 0 aliphatic carbocycles. The number of nitrogens with zero attached hydrogens (tertiary/aromatic N) is 1. The Balaban J connectivity index is 1.74. The zero-order valence-electron chi connectivity index (χ0n) is 13.7. The highest BCUT2D eigenvalue weighted by molar-refractivity contribution is 7.99. The van der Waals surface area contributed by atoms with E-state index in [1.807, 2.05) is 17.8 Å². The number of benzene rings is 2. The Morgan fingerprint density at radius 2 is 2.00 bits per heavy atom. The minimum atomic E-state index is -0.634. The van der Waals surface area contributed by atoms with Crippen molar-refractivity contribution >= 4 is 40.6 Å². The van der Waals surface area contributed by atoms with E-state index in [2.05, 4.69) is 10.2 Å². The van der Waals surface area contributed by atoms with E-state index < -0.39 is 11.7 Å². The van der Waals surface area contributed by atoms with Crippen molar-refractivity contribution < 1.29 is 13.9 Å². The zero-order valence-corrected chi connectivity index (χ0v) is 15.3.